The second kappa shape index (κ2) is 35.5. The van der Waals surface area contributed by atoms with Crippen LogP contribution in [-0.2, 0) is 31.0 Å². The molecular formula is C64H57BBr3ClF4N14O8. The van der Waals surface area contributed by atoms with Crippen LogP contribution in [-0.4, -0.2) is 90.9 Å². The Bertz CT molecular complexity index is 4620. The molecule has 22 nitrogen and oxygen atoms in total. The standard InChI is InChI=1S/C27H20F2N4O3.C20H17BF2N2O4.C5H3BrClN.C5H3BrN4O.C5H6BrN3.2CH4/c28-22-8-6-18(12-23(22)29)15-32-10-2-5-21(27(32)36)26(35)31-13-17-3-1-4-19(11-17)20-7-9-24-30-14-25(34)33(24)16-20;22-17-7-6-14(10-18(17)23)12-25-8-2-5-16(20(25)27)19(26)24-11-13-3-1-4-15(9-13)21(28)29;6-4-1-2-5(7)8-3-4;6-3-1-7-4-8-9-5(11)10(4)2-3;6-4-1-2-5(9-7)8-3-4;;/h1-12,16H,13-15H2,(H,31,35);1-10,28-29H,11-12H2,(H,24,26);1-3H;1-2H,(H,9,11);1-3H,7H2,(H,8,9);2*1H4. The Morgan fingerprint density at radius 3 is 1.72 bits per heavy atom. The molecule has 0 saturated carbocycles. The van der Waals surface area contributed by atoms with Crippen LogP contribution in [0.2, 0.25) is 5.15 Å². The molecule has 8 N–H and O–H groups in total. The average molecular weight is 1510 g/mol. The van der Waals surface area contributed by atoms with E-state index in [1.165, 1.54) is 73.3 Å². The number of H-pyrrole nitrogens is 1. The Morgan fingerprint density at radius 2 is 1.19 bits per heavy atom. The number of aliphatic imine (C=N–C) groups is 1. The molecule has 0 spiro atoms. The van der Waals surface area contributed by atoms with Gasteiger partial charge in [0.05, 0.1) is 17.6 Å². The summed E-state index contributed by atoms with van der Waals surface area (Å²) in [6.45, 7) is 0.367. The van der Waals surface area contributed by atoms with Gasteiger partial charge in [-0.25, -0.2) is 52.7 Å². The number of benzene rings is 4. The highest BCUT2D eigenvalue weighted by Crippen LogP contribution is 2.24. The summed E-state index contributed by atoms with van der Waals surface area (Å²) in [5.41, 5.74) is 5.04. The number of carbonyl (C=O) groups is 3. The van der Waals surface area contributed by atoms with Crippen LogP contribution in [0.15, 0.2) is 222 Å². The number of amidine groups is 1. The van der Waals surface area contributed by atoms with Crippen molar-refractivity contribution in [1.82, 2.24) is 54.2 Å². The molecule has 12 rings (SSSR count). The van der Waals surface area contributed by atoms with Crippen LogP contribution >= 0.6 is 59.4 Å². The zero-order chi connectivity index (χ0) is 66.7. The fourth-order valence-electron chi connectivity index (χ4n) is 8.43. The van der Waals surface area contributed by atoms with Gasteiger partial charge in [0, 0.05) is 65.4 Å². The molecule has 490 valence electrons. The van der Waals surface area contributed by atoms with Gasteiger partial charge in [-0.1, -0.05) is 81.1 Å². The van der Waals surface area contributed by atoms with E-state index in [1.54, 1.807) is 67.4 Å². The van der Waals surface area contributed by atoms with Crippen molar-refractivity contribution in [1.29, 1.82) is 0 Å². The third-order valence-corrected chi connectivity index (χ3v) is 14.6. The first kappa shape index (κ1) is 74.2. The van der Waals surface area contributed by atoms with E-state index in [2.05, 4.69) is 94.0 Å². The van der Waals surface area contributed by atoms with E-state index < -0.39 is 53.3 Å². The fraction of sp³-hybridized carbons (Fsp3) is 0.109. The number of nitrogen functional groups attached to an aromatic ring is 1. The minimum Gasteiger partial charge on any atom is -0.423 e. The average Bonchev–Trinajstić information content (AvgIpc) is 1.81. The number of aromatic nitrogens is 8. The fourth-order valence-corrected chi connectivity index (χ4v) is 9.32. The lowest BCUT2D eigenvalue weighted by Crippen LogP contribution is -2.33. The SMILES string of the molecule is C.C.Clc1ccc(Br)cn1.NNc1ccc(Br)cn1.O=C(NCc1cccc(B(O)O)c1)c1cccn(Cc2ccc(F)c(F)c2)c1=O.O=C(NCc1cccc(C2=CN3C(=O)CN=C3C=C2)c1)c1cccn(Cc2ccc(F)c(F)c2)c1=O.O=c1[nH]nc2ncc(Br)cn12. The van der Waals surface area contributed by atoms with E-state index in [4.69, 9.17) is 17.4 Å². The number of rotatable bonds is 13. The summed E-state index contributed by atoms with van der Waals surface area (Å²) in [5.74, 6) is 1.51. The van der Waals surface area contributed by atoms with Crippen LogP contribution in [0.25, 0.3) is 11.4 Å². The lowest BCUT2D eigenvalue weighted by Gasteiger charge is -2.18. The Morgan fingerprint density at radius 1 is 0.632 bits per heavy atom. The zero-order valence-electron chi connectivity index (χ0n) is 48.0. The van der Waals surface area contributed by atoms with Crippen molar-refractivity contribution in [3.63, 3.8) is 0 Å². The van der Waals surface area contributed by atoms with Gasteiger partial charge in [0.1, 0.15) is 34.5 Å². The van der Waals surface area contributed by atoms with Crippen molar-refractivity contribution in [3.8, 4) is 0 Å². The first-order valence-electron chi connectivity index (χ1n) is 27.2. The molecule has 4 aromatic carbocycles. The van der Waals surface area contributed by atoms with Gasteiger partial charge in [-0.2, -0.15) is 0 Å². The highest BCUT2D eigenvalue weighted by molar-refractivity contribution is 9.11. The number of hydrazine groups is 1. The van der Waals surface area contributed by atoms with Crippen LogP contribution in [0.1, 0.15) is 63.4 Å². The molecule has 31 heteroatoms. The number of anilines is 1. The quantitative estimate of drug-likeness (QED) is 0.0186. The van der Waals surface area contributed by atoms with Gasteiger partial charge in [-0.3, -0.25) is 33.9 Å². The van der Waals surface area contributed by atoms with Crippen molar-refractivity contribution < 1.29 is 42.0 Å². The molecule has 3 amide bonds. The van der Waals surface area contributed by atoms with Crippen LogP contribution < -0.4 is 44.2 Å². The topological polar surface area (TPSA) is 302 Å². The van der Waals surface area contributed by atoms with Crippen LogP contribution in [0.3, 0.4) is 0 Å². The van der Waals surface area contributed by atoms with Gasteiger partial charge in [0.2, 0.25) is 0 Å². The van der Waals surface area contributed by atoms with Gasteiger partial charge >= 0.3 is 12.8 Å². The number of nitrogens with zero attached hydrogens (tertiary/aromatic N) is 9. The second-order valence-corrected chi connectivity index (χ2v) is 22.7. The normalized spacial score (nSPS) is 11.6. The monoisotopic (exact) mass is 1510 g/mol. The first-order chi connectivity index (χ1) is 44.6. The largest absolute Gasteiger partial charge is 0.488 e. The summed E-state index contributed by atoms with van der Waals surface area (Å²) in [7, 11) is -1.62. The number of halogens is 8. The Labute approximate surface area is 570 Å². The summed E-state index contributed by atoms with van der Waals surface area (Å²) in [6, 6.07) is 33.7. The maximum Gasteiger partial charge on any atom is 0.488 e. The number of hydrogen-bond donors (Lipinski definition) is 7. The van der Waals surface area contributed by atoms with E-state index in [-0.39, 0.29) is 75.8 Å². The van der Waals surface area contributed by atoms with Gasteiger partial charge < -0.3 is 35.2 Å². The van der Waals surface area contributed by atoms with E-state index >= 15 is 0 Å². The smallest absolute Gasteiger partial charge is 0.423 e. The summed E-state index contributed by atoms with van der Waals surface area (Å²) < 4.78 is 59.6. The lowest BCUT2D eigenvalue weighted by atomic mass is 9.79. The van der Waals surface area contributed by atoms with Gasteiger partial charge in [0.25, 0.3) is 34.6 Å². The number of hydrogen-bond acceptors (Lipinski definition) is 15. The highest BCUT2D eigenvalue weighted by Gasteiger charge is 2.25. The van der Waals surface area contributed by atoms with Crippen LogP contribution in [0.5, 0.6) is 0 Å². The number of allylic oxidation sites excluding steroid dienone is 2. The Balaban J connectivity index is 0.000000212. The van der Waals surface area contributed by atoms with Crippen molar-refractivity contribution in [2.75, 3.05) is 12.0 Å². The minimum absolute atomic E-state index is 0. The molecule has 0 aliphatic carbocycles. The van der Waals surface area contributed by atoms with Crippen molar-refractivity contribution in [3.05, 3.63) is 301 Å². The number of nitrogens with two attached hydrogens (primary N) is 1. The lowest BCUT2D eigenvalue weighted by molar-refractivity contribution is -0.123. The van der Waals surface area contributed by atoms with Crippen molar-refractivity contribution >= 4 is 113 Å². The van der Waals surface area contributed by atoms with Gasteiger partial charge in [-0.05, 0) is 178 Å². The summed E-state index contributed by atoms with van der Waals surface area (Å²) in [6.07, 6.45) is 14.9. The molecule has 0 unspecified atom stereocenters. The molecule has 0 saturated heterocycles. The number of pyridine rings is 4. The number of nitrogens with one attached hydrogen (secondary N) is 4. The van der Waals surface area contributed by atoms with Gasteiger partial charge in [0.15, 0.2) is 23.3 Å². The van der Waals surface area contributed by atoms with E-state index in [9.17, 15) is 56.4 Å². The molecule has 0 fully saturated rings. The summed E-state index contributed by atoms with van der Waals surface area (Å²) in [4.78, 5) is 90.8. The molecule has 95 heavy (non-hydrogen) atoms. The summed E-state index contributed by atoms with van der Waals surface area (Å²) >= 11 is 15.1. The number of carbonyl (C=O) groups excluding carboxylic acids is 3. The predicted octanol–water partition coefficient (Wildman–Crippen LogP) is 9.12. The zero-order valence-corrected chi connectivity index (χ0v) is 53.5. The molecule has 8 heterocycles. The van der Waals surface area contributed by atoms with E-state index in [1.807, 2.05) is 42.5 Å². The molecule has 2 aliphatic heterocycles. The molecular weight excluding hydrogens is 1450 g/mol. The van der Waals surface area contributed by atoms with E-state index in [0.717, 1.165) is 54.4 Å². The third kappa shape index (κ3) is 21.1. The molecule has 6 aromatic heterocycles. The number of fused-ring (bicyclic) bond motifs is 2. The molecule has 0 radical (unpaired) electrons. The summed E-state index contributed by atoms with van der Waals surface area (Å²) in [5, 5.41) is 30.2. The van der Waals surface area contributed by atoms with Crippen molar-refractivity contribution in [2.24, 2.45) is 10.8 Å². The maximum atomic E-state index is 13.5. The molecule has 2 aliphatic rings. The molecule has 0 bridgehead atoms. The predicted molar refractivity (Wildman–Crippen MR) is 365 cm³/mol. The molecule has 0 atom stereocenters. The molecule has 10 aromatic rings. The van der Waals surface area contributed by atoms with Gasteiger partial charge in [-0.15, -0.1) is 5.10 Å². The second-order valence-electron chi connectivity index (χ2n) is 19.5. The highest BCUT2D eigenvalue weighted by atomic mass is 79.9. The minimum atomic E-state index is -1.62. The Hall–Kier alpha value is -9.82. The maximum absolute atomic E-state index is 13.5. The van der Waals surface area contributed by atoms with Crippen LogP contribution in [0.4, 0.5) is 23.4 Å². The number of amides is 3. The van der Waals surface area contributed by atoms with Crippen LogP contribution in [0, 0.1) is 23.3 Å². The Kier molecular flexibility index (Phi) is 27.7. The third-order valence-electron chi connectivity index (χ3n) is 13.0. The van der Waals surface area contributed by atoms with E-state index in [0.29, 0.717) is 39.3 Å². The van der Waals surface area contributed by atoms with Crippen molar-refractivity contribution in [2.45, 2.75) is 41.0 Å². The number of aromatic amines is 1. The first-order valence-corrected chi connectivity index (χ1v) is 30.0.